The van der Waals surface area contributed by atoms with E-state index in [0.29, 0.717) is 10.6 Å². The Morgan fingerprint density at radius 3 is 2.82 bits per heavy atom. The molecule has 0 aromatic heterocycles. The Labute approximate surface area is 138 Å². The molecule has 0 radical (unpaired) electrons. The molecule has 0 N–H and O–H groups in total. The molecule has 1 aliphatic heterocycles. The lowest BCUT2D eigenvalue weighted by atomic mass is 10.1. The van der Waals surface area contributed by atoms with Crippen molar-refractivity contribution < 1.29 is 9.18 Å². The number of fused-ring (bicyclic) bond motifs is 1. The van der Waals surface area contributed by atoms with Gasteiger partial charge in [-0.1, -0.05) is 35.9 Å². The van der Waals surface area contributed by atoms with Crippen LogP contribution in [-0.2, 0) is 17.8 Å². The van der Waals surface area contributed by atoms with E-state index < -0.39 is 0 Å². The van der Waals surface area contributed by atoms with E-state index in [1.165, 1.54) is 11.6 Å². The lowest BCUT2D eigenvalue weighted by Crippen LogP contribution is -2.34. The quantitative estimate of drug-likeness (QED) is 0.839. The Kier molecular flexibility index (Phi) is 4.41. The molecule has 2 nitrogen and oxygen atoms in total. The van der Waals surface area contributed by atoms with Gasteiger partial charge < -0.3 is 4.90 Å². The number of thioether (sulfide) groups is 1. The third-order valence-electron chi connectivity index (χ3n) is 3.76. The summed E-state index contributed by atoms with van der Waals surface area (Å²) in [5.41, 5.74) is 1.56. The highest BCUT2D eigenvalue weighted by Crippen LogP contribution is 2.37. The van der Waals surface area contributed by atoms with Crippen LogP contribution < -0.4 is 0 Å². The Morgan fingerprint density at radius 1 is 1.32 bits per heavy atom. The van der Waals surface area contributed by atoms with Gasteiger partial charge in [-0.25, -0.2) is 4.39 Å². The largest absolute Gasteiger partial charge is 0.340 e. The second kappa shape index (κ2) is 6.31. The first kappa shape index (κ1) is 15.4. The summed E-state index contributed by atoms with van der Waals surface area (Å²) in [4.78, 5) is 15.3. The second-order valence-corrected chi connectivity index (χ2v) is 6.96. The minimum Gasteiger partial charge on any atom is -0.340 e. The summed E-state index contributed by atoms with van der Waals surface area (Å²) < 4.78 is 13.8. The van der Waals surface area contributed by atoms with E-state index in [4.69, 9.17) is 11.6 Å². The summed E-state index contributed by atoms with van der Waals surface area (Å²) in [5, 5.41) is 0.204. The fourth-order valence-corrected chi connectivity index (χ4v) is 4.10. The van der Waals surface area contributed by atoms with Gasteiger partial charge in [0.25, 0.3) is 0 Å². The van der Waals surface area contributed by atoms with E-state index in [1.807, 2.05) is 24.3 Å². The third-order valence-corrected chi connectivity index (χ3v) is 5.41. The third kappa shape index (κ3) is 2.99. The average Bonchev–Trinajstić information content (AvgIpc) is 2.94. The average molecular weight is 336 g/mol. The minimum absolute atomic E-state index is 0.000481. The molecule has 0 saturated heterocycles. The smallest absolute Gasteiger partial charge is 0.236 e. The highest BCUT2D eigenvalue weighted by atomic mass is 35.5. The molecule has 1 amide bonds. The topological polar surface area (TPSA) is 20.3 Å². The van der Waals surface area contributed by atoms with Crippen molar-refractivity contribution in [2.75, 3.05) is 7.05 Å². The number of nitrogens with zero attached hydrogens (tertiary/aromatic N) is 1. The molecule has 0 saturated carbocycles. The van der Waals surface area contributed by atoms with Crippen molar-refractivity contribution >= 4 is 29.3 Å². The second-order valence-electron chi connectivity index (χ2n) is 5.31. The summed E-state index contributed by atoms with van der Waals surface area (Å²) in [6, 6.07) is 12.6. The minimum atomic E-state index is -0.380. The monoisotopic (exact) mass is 335 g/mol. The molecule has 1 atom stereocenters. The molecule has 22 heavy (non-hydrogen) atoms. The molecular formula is C17H15ClFNOS. The van der Waals surface area contributed by atoms with Crippen molar-refractivity contribution in [3.63, 3.8) is 0 Å². The van der Waals surface area contributed by atoms with E-state index >= 15 is 0 Å². The molecule has 5 heteroatoms. The van der Waals surface area contributed by atoms with Crippen molar-refractivity contribution in [3.8, 4) is 0 Å². The van der Waals surface area contributed by atoms with E-state index in [0.717, 1.165) is 11.3 Å². The van der Waals surface area contributed by atoms with Crippen molar-refractivity contribution in [2.45, 2.75) is 23.1 Å². The summed E-state index contributed by atoms with van der Waals surface area (Å²) in [5.74, 6) is -0.380. The number of halogens is 2. The Balaban J connectivity index is 1.71. The molecule has 0 spiro atoms. The van der Waals surface area contributed by atoms with Gasteiger partial charge in [0.1, 0.15) is 5.82 Å². The van der Waals surface area contributed by atoms with Gasteiger partial charge in [0, 0.05) is 29.1 Å². The van der Waals surface area contributed by atoms with Crippen LogP contribution in [0.3, 0.4) is 0 Å². The number of hydrogen-bond acceptors (Lipinski definition) is 2. The maximum Gasteiger partial charge on any atom is 0.236 e. The molecule has 0 bridgehead atoms. The van der Waals surface area contributed by atoms with E-state index in [9.17, 15) is 9.18 Å². The van der Waals surface area contributed by atoms with Gasteiger partial charge in [0.2, 0.25) is 5.91 Å². The van der Waals surface area contributed by atoms with E-state index in [-0.39, 0.29) is 23.5 Å². The molecule has 0 aliphatic carbocycles. The van der Waals surface area contributed by atoms with Crippen LogP contribution in [0.2, 0.25) is 5.02 Å². The van der Waals surface area contributed by atoms with Crippen molar-refractivity contribution in [1.29, 1.82) is 0 Å². The Morgan fingerprint density at radius 2 is 2.09 bits per heavy atom. The first-order valence-electron chi connectivity index (χ1n) is 6.98. The van der Waals surface area contributed by atoms with Gasteiger partial charge in [-0.2, -0.15) is 0 Å². The molecule has 1 heterocycles. The summed E-state index contributed by atoms with van der Waals surface area (Å²) in [7, 11) is 1.69. The molecule has 0 fully saturated rings. The molecule has 3 rings (SSSR count). The number of hydrogen-bond donors (Lipinski definition) is 0. The molecule has 114 valence electrons. The molecule has 2 aromatic rings. The number of rotatable bonds is 3. The zero-order valence-electron chi connectivity index (χ0n) is 12.1. The Hall–Kier alpha value is -1.52. The number of benzene rings is 2. The van der Waals surface area contributed by atoms with Crippen molar-refractivity contribution in [1.82, 2.24) is 4.90 Å². The zero-order valence-corrected chi connectivity index (χ0v) is 13.6. The predicted molar refractivity (Wildman–Crippen MR) is 87.7 cm³/mol. The normalized spacial score (nSPS) is 16.4. The highest BCUT2D eigenvalue weighted by molar-refractivity contribution is 8.01. The van der Waals surface area contributed by atoms with Crippen LogP contribution in [-0.4, -0.2) is 23.1 Å². The van der Waals surface area contributed by atoms with Gasteiger partial charge in [-0.3, -0.25) is 4.79 Å². The molecule has 2 aromatic carbocycles. The predicted octanol–water partition coefficient (Wildman–Crippen LogP) is 4.15. The van der Waals surface area contributed by atoms with Crippen LogP contribution in [0.4, 0.5) is 4.39 Å². The molecular weight excluding hydrogens is 321 g/mol. The van der Waals surface area contributed by atoms with Crippen molar-refractivity contribution in [2.24, 2.45) is 0 Å². The van der Waals surface area contributed by atoms with Gasteiger partial charge in [-0.15, -0.1) is 11.8 Å². The van der Waals surface area contributed by atoms with E-state index in [2.05, 4.69) is 0 Å². The fourth-order valence-electron chi connectivity index (χ4n) is 2.56. The van der Waals surface area contributed by atoms with Gasteiger partial charge in [0.05, 0.1) is 5.25 Å². The lowest BCUT2D eigenvalue weighted by Gasteiger charge is -2.21. The number of carbonyl (C=O) groups is 1. The standard InChI is InChI=1S/C17H15ClFNOS/c1-20(10-12-13(18)6-4-7-14(12)19)17(21)16-9-11-5-2-3-8-15(11)22-16/h2-8,16H,9-10H2,1H3. The maximum atomic E-state index is 13.8. The van der Waals surface area contributed by atoms with Gasteiger partial charge >= 0.3 is 0 Å². The lowest BCUT2D eigenvalue weighted by molar-refractivity contribution is -0.129. The van der Waals surface area contributed by atoms with Crippen molar-refractivity contribution in [3.05, 3.63) is 64.4 Å². The summed E-state index contributed by atoms with van der Waals surface area (Å²) in [6.45, 7) is 0.178. The van der Waals surface area contributed by atoms with Crippen LogP contribution in [0.25, 0.3) is 0 Å². The Bertz CT molecular complexity index is 676. The highest BCUT2D eigenvalue weighted by Gasteiger charge is 2.30. The fraction of sp³-hybridized carbons (Fsp3) is 0.235. The van der Waals surface area contributed by atoms with Crippen LogP contribution in [0, 0.1) is 5.82 Å². The summed E-state index contributed by atoms with van der Waals surface area (Å²) in [6.07, 6.45) is 0.717. The number of amides is 1. The van der Waals surface area contributed by atoms with Crippen LogP contribution >= 0.6 is 23.4 Å². The maximum absolute atomic E-state index is 13.8. The molecule has 1 unspecified atom stereocenters. The van der Waals surface area contributed by atoms with E-state index in [1.54, 1.807) is 35.8 Å². The first-order chi connectivity index (χ1) is 10.6. The van der Waals surface area contributed by atoms with Gasteiger partial charge in [0.15, 0.2) is 0 Å². The van der Waals surface area contributed by atoms with Crippen LogP contribution in [0.15, 0.2) is 47.4 Å². The molecule has 1 aliphatic rings. The van der Waals surface area contributed by atoms with Crippen LogP contribution in [0.1, 0.15) is 11.1 Å². The van der Waals surface area contributed by atoms with Gasteiger partial charge in [-0.05, 0) is 30.2 Å². The summed E-state index contributed by atoms with van der Waals surface area (Å²) >= 11 is 7.60. The SMILES string of the molecule is CN(Cc1c(F)cccc1Cl)C(=O)C1Cc2ccccc2S1. The first-order valence-corrected chi connectivity index (χ1v) is 8.24. The number of carbonyl (C=O) groups excluding carboxylic acids is 1. The zero-order chi connectivity index (χ0) is 15.7. The van der Waals surface area contributed by atoms with Crippen LogP contribution in [0.5, 0.6) is 0 Å².